The number of hydrogen-bond acceptors (Lipinski definition) is 7. The molecule has 2 aromatic carbocycles. The van der Waals surface area contributed by atoms with E-state index in [1.807, 2.05) is 30.3 Å². The van der Waals surface area contributed by atoms with E-state index >= 15 is 0 Å². The summed E-state index contributed by atoms with van der Waals surface area (Å²) in [5, 5.41) is 14.2. The summed E-state index contributed by atoms with van der Waals surface area (Å²) in [6.45, 7) is 4.82. The van der Waals surface area contributed by atoms with Gasteiger partial charge in [-0.15, -0.1) is 0 Å². The number of anilines is 1. The fourth-order valence-electron chi connectivity index (χ4n) is 7.99. The van der Waals surface area contributed by atoms with Crippen molar-refractivity contribution in [3.8, 4) is 6.07 Å². The molecule has 9 nitrogen and oxygen atoms in total. The van der Waals surface area contributed by atoms with E-state index in [1.54, 1.807) is 31.1 Å². The predicted octanol–water partition coefficient (Wildman–Crippen LogP) is 4.96. The summed E-state index contributed by atoms with van der Waals surface area (Å²) in [6.07, 6.45) is 7.75. The highest BCUT2D eigenvalue weighted by Crippen LogP contribution is 2.50. The van der Waals surface area contributed by atoms with E-state index in [-0.39, 0.29) is 33.7 Å². The Morgan fingerprint density at radius 2 is 1.61 bits per heavy atom. The number of likely N-dealkylation sites (tertiary alicyclic amines) is 1. The summed E-state index contributed by atoms with van der Waals surface area (Å²) < 4.78 is 25.9. The Morgan fingerprint density at radius 3 is 2.24 bits per heavy atom. The Balaban J connectivity index is 1.07. The summed E-state index contributed by atoms with van der Waals surface area (Å²) in [4.78, 5) is 23.6. The lowest BCUT2D eigenvalue weighted by Gasteiger charge is -2.48. The van der Waals surface area contributed by atoms with Crippen molar-refractivity contribution in [2.24, 2.45) is 17.8 Å². The highest BCUT2D eigenvalue weighted by molar-refractivity contribution is 7.91. The number of pyridine rings is 1. The molecule has 0 radical (unpaired) electrons. The lowest BCUT2D eigenvalue weighted by molar-refractivity contribution is 0.0959. The summed E-state index contributed by atoms with van der Waals surface area (Å²) in [5.74, 6) is 0.844. The molecule has 46 heavy (non-hydrogen) atoms. The van der Waals surface area contributed by atoms with E-state index in [1.165, 1.54) is 24.5 Å². The monoisotopic (exact) mass is 640 g/mol. The summed E-state index contributed by atoms with van der Waals surface area (Å²) >= 11 is 0. The van der Waals surface area contributed by atoms with Crippen LogP contribution in [-0.4, -0.2) is 82.1 Å². The van der Waals surface area contributed by atoms with Crippen LogP contribution in [0.5, 0.6) is 0 Å². The number of nitriles is 1. The first-order chi connectivity index (χ1) is 22.2. The zero-order valence-corrected chi connectivity index (χ0v) is 27.6. The number of amides is 2. The van der Waals surface area contributed by atoms with Gasteiger partial charge in [0, 0.05) is 69.7 Å². The molecule has 3 aromatic rings. The summed E-state index contributed by atoms with van der Waals surface area (Å²) in [7, 11) is -0.0331. The highest BCUT2D eigenvalue weighted by Gasteiger charge is 2.52. The SMILES string of the molecule is CN(C)C(=O)N[C@H]1CCC[C@@H]1C(C#N)(c1ccccc1)C1CCN(CC2CN(c3ccc(S(=O)(=O)c4ccncc4)cc3)C2)CC1. The molecule has 1 aliphatic carbocycles. The van der Waals surface area contributed by atoms with Crippen LogP contribution < -0.4 is 10.2 Å². The van der Waals surface area contributed by atoms with Crippen LogP contribution in [0.2, 0.25) is 0 Å². The second-order valence-corrected chi connectivity index (χ2v) is 15.3. The molecule has 2 aliphatic heterocycles. The lowest BCUT2D eigenvalue weighted by Crippen LogP contribution is -2.55. The van der Waals surface area contributed by atoms with Gasteiger partial charge >= 0.3 is 6.03 Å². The first-order valence-corrected chi connectivity index (χ1v) is 17.9. The number of hydrogen-bond donors (Lipinski definition) is 1. The maximum Gasteiger partial charge on any atom is 0.317 e. The molecule has 1 N–H and O–H groups in total. The van der Waals surface area contributed by atoms with Crippen molar-refractivity contribution in [1.29, 1.82) is 5.26 Å². The topological polar surface area (TPSA) is 110 Å². The minimum absolute atomic E-state index is 0.0152. The van der Waals surface area contributed by atoms with Crippen LogP contribution in [0, 0.1) is 29.1 Å². The third kappa shape index (κ3) is 6.23. The van der Waals surface area contributed by atoms with Gasteiger partial charge in [0.25, 0.3) is 0 Å². The molecule has 2 saturated heterocycles. The smallest absolute Gasteiger partial charge is 0.317 e. The van der Waals surface area contributed by atoms with Crippen molar-refractivity contribution in [3.05, 3.63) is 84.7 Å². The molecular weight excluding hydrogens is 597 g/mol. The quantitative estimate of drug-likeness (QED) is 0.352. The molecular formula is C36H44N6O3S. The second kappa shape index (κ2) is 13.4. The van der Waals surface area contributed by atoms with Crippen LogP contribution in [0.25, 0.3) is 0 Å². The molecule has 10 heteroatoms. The molecule has 242 valence electrons. The summed E-state index contributed by atoms with van der Waals surface area (Å²) in [6, 6.07) is 23.3. The predicted molar refractivity (Wildman–Crippen MR) is 178 cm³/mol. The first-order valence-electron chi connectivity index (χ1n) is 16.4. The number of carbonyl (C=O) groups is 1. The second-order valence-electron chi connectivity index (χ2n) is 13.4. The molecule has 3 aliphatic rings. The molecule has 0 bridgehead atoms. The van der Waals surface area contributed by atoms with Crippen LogP contribution in [0.3, 0.4) is 0 Å². The molecule has 6 rings (SSSR count). The van der Waals surface area contributed by atoms with Crippen molar-refractivity contribution in [3.63, 3.8) is 0 Å². The molecule has 2 amide bonds. The third-order valence-electron chi connectivity index (χ3n) is 10.4. The minimum Gasteiger partial charge on any atom is -0.371 e. The van der Waals surface area contributed by atoms with E-state index in [2.05, 4.69) is 38.3 Å². The van der Waals surface area contributed by atoms with Crippen LogP contribution in [0.15, 0.2) is 88.9 Å². The molecule has 1 aromatic heterocycles. The van der Waals surface area contributed by atoms with Crippen molar-refractivity contribution in [2.75, 3.05) is 51.7 Å². The maximum absolute atomic E-state index is 12.9. The number of nitrogens with zero attached hydrogens (tertiary/aromatic N) is 5. The highest BCUT2D eigenvalue weighted by atomic mass is 32.2. The number of rotatable bonds is 9. The molecule has 3 heterocycles. The molecule has 3 fully saturated rings. The van der Waals surface area contributed by atoms with Gasteiger partial charge in [-0.05, 0) is 86.7 Å². The van der Waals surface area contributed by atoms with Gasteiger partial charge < -0.3 is 20.0 Å². The fraction of sp³-hybridized carbons (Fsp3) is 0.472. The van der Waals surface area contributed by atoms with Gasteiger partial charge in [-0.3, -0.25) is 4.98 Å². The first kappa shape index (κ1) is 32.0. The Labute approximate surface area is 273 Å². The van der Waals surface area contributed by atoms with Crippen LogP contribution in [-0.2, 0) is 15.3 Å². The third-order valence-corrected chi connectivity index (χ3v) is 12.2. The molecule has 0 spiro atoms. The van der Waals surface area contributed by atoms with Crippen molar-refractivity contribution < 1.29 is 13.2 Å². The van der Waals surface area contributed by atoms with Gasteiger partial charge in [-0.25, -0.2) is 13.2 Å². The number of aromatic nitrogens is 1. The summed E-state index contributed by atoms with van der Waals surface area (Å²) in [5.41, 5.74) is 1.48. The molecule has 1 saturated carbocycles. The largest absolute Gasteiger partial charge is 0.371 e. The van der Waals surface area contributed by atoms with Crippen LogP contribution in [0.4, 0.5) is 10.5 Å². The Morgan fingerprint density at radius 1 is 0.957 bits per heavy atom. The van der Waals surface area contributed by atoms with Gasteiger partial charge in [0.05, 0.1) is 21.3 Å². The van der Waals surface area contributed by atoms with Crippen molar-refractivity contribution >= 4 is 21.6 Å². The molecule has 3 atom stereocenters. The normalized spacial score (nSPS) is 22.4. The lowest BCUT2D eigenvalue weighted by atomic mass is 9.59. The average molecular weight is 641 g/mol. The Bertz CT molecular complexity index is 1630. The van der Waals surface area contributed by atoms with E-state index in [4.69, 9.17) is 0 Å². The Hall–Kier alpha value is -3.94. The standard InChI is InChI=1S/C36H44N6O3S/c1-40(2)35(43)39-34-10-6-9-33(34)36(26-37,28-7-4-3-5-8-28)29-17-21-41(22-18-29)23-27-24-42(25-27)30-11-13-31(14-12-30)46(44,45)32-15-19-38-20-16-32/h3-5,7-8,11-16,19-20,27,29,33-34H,6,9-10,17-18,21-25H2,1-2H3,(H,39,43)/t33-,34-,36?/m0/s1. The average Bonchev–Trinajstić information content (AvgIpc) is 3.53. The number of urea groups is 1. The fourth-order valence-corrected chi connectivity index (χ4v) is 9.24. The zero-order valence-electron chi connectivity index (χ0n) is 26.8. The van der Waals surface area contributed by atoms with Crippen LogP contribution >= 0.6 is 0 Å². The van der Waals surface area contributed by atoms with E-state index in [0.717, 1.165) is 76.1 Å². The number of benzene rings is 2. The van der Waals surface area contributed by atoms with E-state index in [9.17, 15) is 18.5 Å². The van der Waals surface area contributed by atoms with Gasteiger partial charge in [-0.2, -0.15) is 5.26 Å². The van der Waals surface area contributed by atoms with Crippen molar-refractivity contribution in [2.45, 2.75) is 53.4 Å². The minimum atomic E-state index is -3.56. The Kier molecular flexibility index (Phi) is 9.34. The number of piperidine rings is 1. The van der Waals surface area contributed by atoms with Gasteiger partial charge in [-0.1, -0.05) is 36.8 Å². The van der Waals surface area contributed by atoms with Gasteiger partial charge in [0.15, 0.2) is 0 Å². The van der Waals surface area contributed by atoms with Gasteiger partial charge in [0.2, 0.25) is 9.84 Å². The van der Waals surface area contributed by atoms with E-state index in [0.29, 0.717) is 5.92 Å². The zero-order chi connectivity index (χ0) is 32.3. The molecule has 1 unspecified atom stereocenters. The maximum atomic E-state index is 12.9. The van der Waals surface area contributed by atoms with Crippen molar-refractivity contribution in [1.82, 2.24) is 20.1 Å². The van der Waals surface area contributed by atoms with Crippen LogP contribution in [0.1, 0.15) is 37.7 Å². The number of sulfone groups is 1. The van der Waals surface area contributed by atoms with Gasteiger partial charge in [0.1, 0.15) is 0 Å². The number of nitrogens with one attached hydrogen (secondary N) is 1. The van der Waals surface area contributed by atoms with E-state index < -0.39 is 15.3 Å². The number of carbonyl (C=O) groups excluding carboxylic acids is 1.